The highest BCUT2D eigenvalue weighted by Gasteiger charge is 2.15. The normalized spacial score (nSPS) is 13.2. The van der Waals surface area contributed by atoms with Crippen LogP contribution in [0.3, 0.4) is 0 Å². The summed E-state index contributed by atoms with van der Waals surface area (Å²) in [6.45, 7) is 1.87. The van der Waals surface area contributed by atoms with Gasteiger partial charge in [0.15, 0.2) is 9.84 Å². The molecule has 0 spiro atoms. The number of nitrogen functional groups attached to an aromatic ring is 1. The molecule has 0 fully saturated rings. The average molecular weight is 302 g/mol. The molecule has 0 heterocycles. The maximum absolute atomic E-state index is 12.1. The van der Waals surface area contributed by atoms with E-state index < -0.39 is 9.84 Å². The third kappa shape index (κ3) is 4.85. The van der Waals surface area contributed by atoms with Crippen LogP contribution in [-0.2, 0) is 9.84 Å². The second kappa shape index (κ2) is 6.93. The molecule has 106 valence electrons. The van der Waals surface area contributed by atoms with Gasteiger partial charge in [0.2, 0.25) is 0 Å². The Morgan fingerprint density at radius 3 is 2.79 bits per heavy atom. The fourth-order valence-electron chi connectivity index (χ4n) is 1.39. The van der Waals surface area contributed by atoms with Gasteiger partial charge in [0.1, 0.15) is 5.84 Å². The number of benzene rings is 1. The number of thioether (sulfide) groups is 1. The van der Waals surface area contributed by atoms with Gasteiger partial charge in [-0.25, -0.2) is 8.42 Å². The third-order valence-corrected chi connectivity index (χ3v) is 5.65. The molecule has 1 aromatic carbocycles. The van der Waals surface area contributed by atoms with Gasteiger partial charge in [0.05, 0.1) is 17.3 Å². The number of aliphatic hydroxyl groups is 1. The standard InChI is InChI=1S/C12H18N2O3S2/c1-9(8-15)18-5-6-19(16,17)11-4-2-3-10(7-11)12(13)14/h2-4,7,9,15H,5-6,8H2,1H3,(H3,13,14). The Hall–Kier alpha value is -1.05. The Morgan fingerprint density at radius 1 is 1.53 bits per heavy atom. The summed E-state index contributed by atoms with van der Waals surface area (Å²) in [6, 6.07) is 6.09. The second-order valence-corrected chi connectivity index (χ2v) is 7.78. The predicted octanol–water partition coefficient (Wildman–Crippen LogP) is 0.858. The quantitative estimate of drug-likeness (QED) is 0.512. The summed E-state index contributed by atoms with van der Waals surface area (Å²) in [5, 5.41) is 16.2. The number of amidine groups is 1. The van der Waals surface area contributed by atoms with Crippen molar-refractivity contribution in [1.29, 1.82) is 5.41 Å². The molecule has 4 N–H and O–H groups in total. The summed E-state index contributed by atoms with van der Waals surface area (Å²) in [5.74, 6) is 0.276. The summed E-state index contributed by atoms with van der Waals surface area (Å²) >= 11 is 1.41. The van der Waals surface area contributed by atoms with E-state index in [1.165, 1.54) is 23.9 Å². The molecule has 0 bridgehead atoms. The van der Waals surface area contributed by atoms with Gasteiger partial charge >= 0.3 is 0 Å². The van der Waals surface area contributed by atoms with Gasteiger partial charge < -0.3 is 10.8 Å². The van der Waals surface area contributed by atoms with Gasteiger partial charge in [-0.1, -0.05) is 19.1 Å². The molecule has 5 nitrogen and oxygen atoms in total. The molecule has 7 heteroatoms. The van der Waals surface area contributed by atoms with Gasteiger partial charge in [-0.3, -0.25) is 5.41 Å². The summed E-state index contributed by atoms with van der Waals surface area (Å²) in [6.07, 6.45) is 0. The van der Waals surface area contributed by atoms with E-state index >= 15 is 0 Å². The molecule has 1 atom stereocenters. The smallest absolute Gasteiger partial charge is 0.179 e. The zero-order chi connectivity index (χ0) is 14.5. The predicted molar refractivity (Wildman–Crippen MR) is 78.5 cm³/mol. The van der Waals surface area contributed by atoms with Crippen LogP contribution in [0.4, 0.5) is 0 Å². The van der Waals surface area contributed by atoms with Crippen LogP contribution in [-0.4, -0.2) is 42.7 Å². The number of nitrogens with two attached hydrogens (primary N) is 1. The Balaban J connectivity index is 2.77. The van der Waals surface area contributed by atoms with Crippen molar-refractivity contribution in [1.82, 2.24) is 0 Å². The molecule has 0 saturated heterocycles. The van der Waals surface area contributed by atoms with Crippen LogP contribution in [0.15, 0.2) is 29.2 Å². The summed E-state index contributed by atoms with van der Waals surface area (Å²) in [5.41, 5.74) is 5.74. The number of sulfone groups is 1. The van der Waals surface area contributed by atoms with E-state index in [0.29, 0.717) is 11.3 Å². The lowest BCUT2D eigenvalue weighted by Crippen LogP contribution is -2.14. The van der Waals surface area contributed by atoms with E-state index in [2.05, 4.69) is 0 Å². The SMILES string of the molecule is CC(CO)SCCS(=O)(=O)c1cccc(C(=N)N)c1. The largest absolute Gasteiger partial charge is 0.395 e. The molecule has 0 aliphatic carbocycles. The molecule has 0 aliphatic heterocycles. The summed E-state index contributed by atoms with van der Waals surface area (Å²) < 4.78 is 24.2. The van der Waals surface area contributed by atoms with Crippen LogP contribution in [0, 0.1) is 5.41 Å². The molecule has 0 aliphatic rings. The van der Waals surface area contributed by atoms with E-state index in [1.54, 1.807) is 12.1 Å². The van der Waals surface area contributed by atoms with Crippen molar-refractivity contribution in [2.24, 2.45) is 5.73 Å². The van der Waals surface area contributed by atoms with E-state index in [4.69, 9.17) is 16.2 Å². The molecular weight excluding hydrogens is 284 g/mol. The van der Waals surface area contributed by atoms with E-state index in [0.717, 1.165) is 0 Å². The van der Waals surface area contributed by atoms with Crippen LogP contribution < -0.4 is 5.73 Å². The molecule has 1 aromatic rings. The molecule has 0 amide bonds. The third-order valence-electron chi connectivity index (χ3n) is 2.52. The van der Waals surface area contributed by atoms with Crippen molar-refractivity contribution in [2.75, 3.05) is 18.1 Å². The van der Waals surface area contributed by atoms with Crippen LogP contribution in [0.25, 0.3) is 0 Å². The fraction of sp³-hybridized carbons (Fsp3) is 0.417. The van der Waals surface area contributed by atoms with Crippen molar-refractivity contribution in [2.45, 2.75) is 17.1 Å². The summed E-state index contributed by atoms with van der Waals surface area (Å²) in [7, 11) is -3.37. The number of hydrogen-bond donors (Lipinski definition) is 3. The zero-order valence-electron chi connectivity index (χ0n) is 10.7. The summed E-state index contributed by atoms with van der Waals surface area (Å²) in [4.78, 5) is 0.178. The minimum absolute atomic E-state index is 0.00334. The van der Waals surface area contributed by atoms with Crippen LogP contribution in [0.1, 0.15) is 12.5 Å². The monoisotopic (exact) mass is 302 g/mol. The van der Waals surface area contributed by atoms with Crippen molar-refractivity contribution in [3.05, 3.63) is 29.8 Å². The average Bonchev–Trinajstić information content (AvgIpc) is 2.38. The van der Waals surface area contributed by atoms with Gasteiger partial charge in [-0.2, -0.15) is 11.8 Å². The molecule has 0 saturated carbocycles. The highest BCUT2D eigenvalue weighted by Crippen LogP contribution is 2.16. The number of aliphatic hydroxyl groups excluding tert-OH is 1. The van der Waals surface area contributed by atoms with Gasteiger partial charge in [-0.15, -0.1) is 0 Å². The first kappa shape index (κ1) is 16.0. The van der Waals surface area contributed by atoms with E-state index in [-0.39, 0.29) is 28.3 Å². The van der Waals surface area contributed by atoms with Crippen LogP contribution >= 0.6 is 11.8 Å². The Bertz CT molecular complexity index is 544. The first-order chi connectivity index (χ1) is 8.86. The van der Waals surface area contributed by atoms with Gasteiger partial charge in [0, 0.05) is 16.6 Å². The fourth-order valence-corrected chi connectivity index (χ4v) is 3.99. The zero-order valence-corrected chi connectivity index (χ0v) is 12.3. The highest BCUT2D eigenvalue weighted by molar-refractivity contribution is 8.01. The minimum atomic E-state index is -3.37. The Kier molecular flexibility index (Phi) is 5.84. The lowest BCUT2D eigenvalue weighted by molar-refractivity contribution is 0.300. The van der Waals surface area contributed by atoms with Crippen LogP contribution in [0.2, 0.25) is 0 Å². The van der Waals surface area contributed by atoms with Crippen LogP contribution in [0.5, 0.6) is 0 Å². The molecule has 0 radical (unpaired) electrons. The number of rotatable bonds is 7. The number of nitrogens with one attached hydrogen (secondary N) is 1. The van der Waals surface area contributed by atoms with Crippen molar-refractivity contribution >= 4 is 27.4 Å². The Labute approximate surface area is 117 Å². The molecule has 1 rings (SSSR count). The first-order valence-corrected chi connectivity index (χ1v) is 8.46. The van der Waals surface area contributed by atoms with Gasteiger partial charge in [-0.05, 0) is 12.1 Å². The second-order valence-electron chi connectivity index (χ2n) is 4.12. The van der Waals surface area contributed by atoms with Crippen molar-refractivity contribution in [3.8, 4) is 0 Å². The minimum Gasteiger partial charge on any atom is -0.395 e. The Morgan fingerprint density at radius 2 is 2.21 bits per heavy atom. The lowest BCUT2D eigenvalue weighted by atomic mass is 10.2. The van der Waals surface area contributed by atoms with E-state index in [1.807, 2.05) is 6.92 Å². The maximum atomic E-state index is 12.1. The maximum Gasteiger partial charge on any atom is 0.179 e. The molecule has 0 aromatic heterocycles. The first-order valence-electron chi connectivity index (χ1n) is 5.76. The molecule has 1 unspecified atom stereocenters. The molecule has 19 heavy (non-hydrogen) atoms. The topological polar surface area (TPSA) is 104 Å². The van der Waals surface area contributed by atoms with Gasteiger partial charge in [0.25, 0.3) is 0 Å². The van der Waals surface area contributed by atoms with Crippen molar-refractivity contribution in [3.63, 3.8) is 0 Å². The van der Waals surface area contributed by atoms with Crippen molar-refractivity contribution < 1.29 is 13.5 Å². The van der Waals surface area contributed by atoms with E-state index in [9.17, 15) is 8.42 Å². The highest BCUT2D eigenvalue weighted by atomic mass is 32.2. The molecular formula is C12H18N2O3S2. The number of hydrogen-bond acceptors (Lipinski definition) is 5. The lowest BCUT2D eigenvalue weighted by Gasteiger charge is -2.09.